The molecule has 0 aliphatic carbocycles. The Hall–Kier alpha value is -1.11. The van der Waals surface area contributed by atoms with E-state index in [4.69, 9.17) is 0 Å². The second-order valence-electron chi connectivity index (χ2n) is 4.99. The van der Waals surface area contributed by atoms with E-state index in [-0.39, 0.29) is 35.0 Å². The maximum Gasteiger partial charge on any atom is 0.253 e. The van der Waals surface area contributed by atoms with Gasteiger partial charge in [0.25, 0.3) is 5.91 Å². The third kappa shape index (κ3) is 3.96. The summed E-state index contributed by atoms with van der Waals surface area (Å²) in [6.07, 6.45) is 0.949. The zero-order valence-electron chi connectivity index (χ0n) is 12.2. The molecule has 0 spiro atoms. The van der Waals surface area contributed by atoms with Gasteiger partial charge in [0.1, 0.15) is 0 Å². The van der Waals surface area contributed by atoms with Crippen molar-refractivity contribution >= 4 is 28.2 Å². The first-order valence-electron chi connectivity index (χ1n) is 6.76. The monoisotopic (exact) mass is 332 g/mol. The van der Waals surface area contributed by atoms with Crippen LogP contribution in [0, 0.1) is 0 Å². The molecule has 0 radical (unpaired) electrons. The van der Waals surface area contributed by atoms with Gasteiger partial charge >= 0.3 is 0 Å². The molecule has 0 aromatic heterocycles. The van der Waals surface area contributed by atoms with E-state index >= 15 is 0 Å². The van der Waals surface area contributed by atoms with Gasteiger partial charge in [-0.3, -0.25) is 4.79 Å². The second-order valence-corrected chi connectivity index (χ2v) is 7.27. The normalized spacial score (nSPS) is 18.1. The third-order valence-electron chi connectivity index (χ3n) is 3.74. The highest BCUT2D eigenvalue weighted by Crippen LogP contribution is 2.15. The van der Waals surface area contributed by atoms with E-state index < -0.39 is 9.84 Å². The molecule has 21 heavy (non-hydrogen) atoms. The summed E-state index contributed by atoms with van der Waals surface area (Å²) < 4.78 is 23.4. The van der Waals surface area contributed by atoms with Crippen LogP contribution in [-0.4, -0.2) is 51.2 Å². The van der Waals surface area contributed by atoms with Crippen LogP contribution in [0.2, 0.25) is 0 Å². The van der Waals surface area contributed by atoms with Gasteiger partial charge in [-0.2, -0.15) is 0 Å². The third-order valence-corrected chi connectivity index (χ3v) is 5.49. The van der Waals surface area contributed by atoms with Crippen LogP contribution in [0.4, 0.5) is 0 Å². The zero-order valence-corrected chi connectivity index (χ0v) is 13.8. The summed E-state index contributed by atoms with van der Waals surface area (Å²) in [6, 6.07) is 6.40. The lowest BCUT2D eigenvalue weighted by atomic mass is 10.1. The van der Waals surface area contributed by atoms with Gasteiger partial charge in [0.05, 0.1) is 10.6 Å². The first kappa shape index (κ1) is 17.9. The predicted octanol–water partition coefficient (Wildman–Crippen LogP) is 1.34. The Balaban J connectivity index is 0.00000220. The molecule has 1 N–H and O–H groups in total. The highest BCUT2D eigenvalue weighted by Gasteiger charge is 2.24. The molecule has 1 saturated heterocycles. The molecule has 1 heterocycles. The number of hydrogen-bond acceptors (Lipinski definition) is 4. The molecule has 1 amide bonds. The Labute approximate surface area is 132 Å². The molecule has 7 heteroatoms. The van der Waals surface area contributed by atoms with Crippen LogP contribution in [0.15, 0.2) is 29.2 Å². The molecule has 0 bridgehead atoms. The molecule has 1 aliphatic rings. The second kappa shape index (κ2) is 7.24. The minimum atomic E-state index is -3.21. The molecule has 1 aromatic carbocycles. The molecule has 1 unspecified atom stereocenters. The van der Waals surface area contributed by atoms with E-state index in [1.165, 1.54) is 12.1 Å². The van der Waals surface area contributed by atoms with Gasteiger partial charge in [0.2, 0.25) is 0 Å². The van der Waals surface area contributed by atoms with Crippen LogP contribution in [0.5, 0.6) is 0 Å². The summed E-state index contributed by atoms with van der Waals surface area (Å²) in [5, 5.41) is 3.22. The van der Waals surface area contributed by atoms with E-state index in [2.05, 4.69) is 5.32 Å². The molecule has 1 aromatic rings. The van der Waals surface area contributed by atoms with Crippen LogP contribution in [0.25, 0.3) is 0 Å². The largest absolute Gasteiger partial charge is 0.337 e. The lowest BCUT2D eigenvalue weighted by Gasteiger charge is -2.23. The number of hydrogen-bond donors (Lipinski definition) is 1. The lowest BCUT2D eigenvalue weighted by molar-refractivity contribution is 0.0743. The van der Waals surface area contributed by atoms with E-state index in [1.54, 1.807) is 31.0 Å². The number of rotatable bonds is 4. The molecule has 1 atom stereocenters. The van der Waals surface area contributed by atoms with Crippen molar-refractivity contribution in [2.75, 3.05) is 25.9 Å². The minimum Gasteiger partial charge on any atom is -0.337 e. The van der Waals surface area contributed by atoms with Gasteiger partial charge < -0.3 is 10.2 Å². The number of carbonyl (C=O) groups excluding carboxylic acids is 1. The number of nitrogens with one attached hydrogen (secondary N) is 1. The van der Waals surface area contributed by atoms with E-state index in [9.17, 15) is 13.2 Å². The van der Waals surface area contributed by atoms with Crippen molar-refractivity contribution in [3.05, 3.63) is 29.8 Å². The first-order valence-corrected chi connectivity index (χ1v) is 8.41. The van der Waals surface area contributed by atoms with Gasteiger partial charge in [-0.05, 0) is 37.2 Å². The smallest absolute Gasteiger partial charge is 0.253 e. The molecule has 5 nitrogen and oxygen atoms in total. The number of sulfone groups is 1. The predicted molar refractivity (Wildman–Crippen MR) is 84.8 cm³/mol. The topological polar surface area (TPSA) is 66.5 Å². The lowest BCUT2D eigenvalue weighted by Crippen LogP contribution is -2.38. The highest BCUT2D eigenvalue weighted by molar-refractivity contribution is 7.91. The molecular formula is C14H21ClN2O3S. The molecule has 118 valence electrons. The fraction of sp³-hybridized carbons (Fsp3) is 0.500. The Kier molecular flexibility index (Phi) is 6.19. The van der Waals surface area contributed by atoms with Crippen molar-refractivity contribution < 1.29 is 13.2 Å². The average molecular weight is 333 g/mol. The van der Waals surface area contributed by atoms with Gasteiger partial charge in [0, 0.05) is 25.2 Å². The van der Waals surface area contributed by atoms with Crippen molar-refractivity contribution in [3.63, 3.8) is 0 Å². The molecule has 1 fully saturated rings. The quantitative estimate of drug-likeness (QED) is 0.903. The summed E-state index contributed by atoms with van der Waals surface area (Å²) in [5.41, 5.74) is 0.523. The van der Waals surface area contributed by atoms with Crippen LogP contribution in [0.1, 0.15) is 23.7 Å². The number of amides is 1. The summed E-state index contributed by atoms with van der Waals surface area (Å²) >= 11 is 0. The van der Waals surface area contributed by atoms with E-state index in [1.807, 2.05) is 0 Å². The van der Waals surface area contributed by atoms with Crippen LogP contribution in [-0.2, 0) is 9.84 Å². The summed E-state index contributed by atoms with van der Waals surface area (Å²) in [6.45, 7) is 3.34. The van der Waals surface area contributed by atoms with E-state index in [0.717, 1.165) is 19.5 Å². The fourth-order valence-corrected chi connectivity index (χ4v) is 3.20. The van der Waals surface area contributed by atoms with Crippen LogP contribution < -0.4 is 5.32 Å². The zero-order chi connectivity index (χ0) is 14.8. The van der Waals surface area contributed by atoms with E-state index in [0.29, 0.717) is 5.56 Å². The Morgan fingerprint density at radius 3 is 2.43 bits per heavy atom. The standard InChI is InChI=1S/C14H20N2O3S.ClH/c1-3-20(18,19)13-6-4-11(5-7-13)14(17)16(2)12-8-9-15-10-12;/h4-7,12,15H,3,8-10H2,1-2H3;1H. The van der Waals surface area contributed by atoms with Crippen LogP contribution in [0.3, 0.4) is 0 Å². The summed E-state index contributed by atoms with van der Waals surface area (Å²) in [7, 11) is -1.42. The van der Waals surface area contributed by atoms with Crippen molar-refractivity contribution in [3.8, 4) is 0 Å². The van der Waals surface area contributed by atoms with Gasteiger partial charge in [-0.25, -0.2) is 8.42 Å². The molecule has 2 rings (SSSR count). The van der Waals surface area contributed by atoms with Crippen molar-refractivity contribution in [2.24, 2.45) is 0 Å². The van der Waals surface area contributed by atoms with Crippen molar-refractivity contribution in [1.82, 2.24) is 10.2 Å². The molecule has 1 aliphatic heterocycles. The van der Waals surface area contributed by atoms with Crippen molar-refractivity contribution in [1.29, 1.82) is 0 Å². The Morgan fingerprint density at radius 2 is 1.95 bits per heavy atom. The number of halogens is 1. The van der Waals surface area contributed by atoms with Gasteiger partial charge in [0.15, 0.2) is 9.84 Å². The van der Waals surface area contributed by atoms with Gasteiger partial charge in [-0.15, -0.1) is 12.4 Å². The number of benzene rings is 1. The number of likely N-dealkylation sites (N-methyl/N-ethyl adjacent to an activating group) is 1. The maximum absolute atomic E-state index is 12.3. The van der Waals surface area contributed by atoms with Crippen molar-refractivity contribution in [2.45, 2.75) is 24.3 Å². The highest BCUT2D eigenvalue weighted by atomic mass is 35.5. The van der Waals surface area contributed by atoms with Crippen LogP contribution >= 0.6 is 12.4 Å². The summed E-state index contributed by atoms with van der Waals surface area (Å²) in [5.74, 6) is -0.00680. The SMILES string of the molecule is CCS(=O)(=O)c1ccc(C(=O)N(C)C2CCNC2)cc1.Cl. The number of nitrogens with zero attached hydrogens (tertiary/aromatic N) is 1. The first-order chi connectivity index (χ1) is 9.45. The molecule has 0 saturated carbocycles. The Bertz CT molecular complexity index is 581. The minimum absolute atomic E-state index is 0. The average Bonchev–Trinajstić information content (AvgIpc) is 3.00. The number of carbonyl (C=O) groups is 1. The van der Waals surface area contributed by atoms with Gasteiger partial charge in [-0.1, -0.05) is 6.92 Å². The maximum atomic E-state index is 12.3. The molecular weight excluding hydrogens is 312 g/mol. The fourth-order valence-electron chi connectivity index (χ4n) is 2.31. The summed E-state index contributed by atoms with van der Waals surface area (Å²) in [4.78, 5) is 14.3. The Morgan fingerprint density at radius 1 is 1.33 bits per heavy atom.